The quantitative estimate of drug-likeness (QED) is 0.555. The molecule has 0 bridgehead atoms. The van der Waals surface area contributed by atoms with Crippen LogP contribution in [0.3, 0.4) is 0 Å². The lowest BCUT2D eigenvalue weighted by molar-refractivity contribution is 0.831. The SMILES string of the molecule is C=C(C)C=CC(C)C.C=CC=CCC. The van der Waals surface area contributed by atoms with Gasteiger partial charge in [0.15, 0.2) is 0 Å². The van der Waals surface area contributed by atoms with E-state index in [9.17, 15) is 0 Å². The Morgan fingerprint density at radius 1 is 1.36 bits per heavy atom. The Kier molecular flexibility index (Phi) is 13.2. The van der Waals surface area contributed by atoms with E-state index in [-0.39, 0.29) is 0 Å². The van der Waals surface area contributed by atoms with Gasteiger partial charge < -0.3 is 0 Å². The van der Waals surface area contributed by atoms with Crippen molar-refractivity contribution < 1.29 is 0 Å². The van der Waals surface area contributed by atoms with Gasteiger partial charge in [-0.15, -0.1) is 0 Å². The Bertz CT molecular complexity index is 192. The molecule has 0 aliphatic heterocycles. The van der Waals surface area contributed by atoms with Gasteiger partial charge in [-0.3, -0.25) is 0 Å². The molecule has 0 aliphatic rings. The highest BCUT2D eigenvalue weighted by Gasteiger charge is 1.80. The van der Waals surface area contributed by atoms with Crippen LogP contribution in [0, 0.1) is 5.92 Å². The van der Waals surface area contributed by atoms with Gasteiger partial charge in [0.1, 0.15) is 0 Å². The molecule has 0 radical (unpaired) electrons. The van der Waals surface area contributed by atoms with Crippen molar-refractivity contribution in [3.63, 3.8) is 0 Å². The third kappa shape index (κ3) is 22.4. The van der Waals surface area contributed by atoms with Crippen molar-refractivity contribution in [2.45, 2.75) is 34.1 Å². The first kappa shape index (κ1) is 15.4. The second-order valence-corrected chi connectivity index (χ2v) is 3.52. The molecule has 0 spiro atoms. The predicted octanol–water partition coefficient (Wildman–Crippen LogP) is 4.91. The van der Waals surface area contributed by atoms with Crippen molar-refractivity contribution in [3.05, 3.63) is 49.1 Å². The zero-order valence-corrected chi connectivity index (χ0v) is 10.1. The van der Waals surface area contributed by atoms with E-state index in [0.717, 1.165) is 12.0 Å². The van der Waals surface area contributed by atoms with Crippen molar-refractivity contribution in [1.29, 1.82) is 0 Å². The first-order valence-electron chi connectivity index (χ1n) is 5.15. The highest BCUT2D eigenvalue weighted by Crippen LogP contribution is 1.96. The van der Waals surface area contributed by atoms with Crippen LogP contribution in [0.25, 0.3) is 0 Å². The van der Waals surface area contributed by atoms with Crippen molar-refractivity contribution in [2.75, 3.05) is 0 Å². The molecule has 0 saturated heterocycles. The van der Waals surface area contributed by atoms with Crippen molar-refractivity contribution in [1.82, 2.24) is 0 Å². The summed E-state index contributed by atoms with van der Waals surface area (Å²) in [5.74, 6) is 0.645. The molecule has 0 atom stereocenters. The van der Waals surface area contributed by atoms with Crippen LogP contribution in [-0.4, -0.2) is 0 Å². The molecule has 0 fully saturated rings. The molecule has 0 unspecified atom stereocenters. The Morgan fingerprint density at radius 2 is 1.93 bits per heavy atom. The summed E-state index contributed by atoms with van der Waals surface area (Å²) < 4.78 is 0. The molecule has 0 rings (SSSR count). The Morgan fingerprint density at radius 3 is 2.07 bits per heavy atom. The van der Waals surface area contributed by atoms with Crippen LogP contribution in [0.5, 0.6) is 0 Å². The topological polar surface area (TPSA) is 0 Å². The third-order valence-electron chi connectivity index (χ3n) is 1.27. The summed E-state index contributed by atoms with van der Waals surface area (Å²) >= 11 is 0. The zero-order valence-electron chi connectivity index (χ0n) is 10.1. The van der Waals surface area contributed by atoms with Gasteiger partial charge in [0, 0.05) is 0 Å². The zero-order chi connectivity index (χ0) is 11.4. The van der Waals surface area contributed by atoms with E-state index in [1.807, 2.05) is 19.1 Å². The van der Waals surface area contributed by atoms with Crippen LogP contribution >= 0.6 is 0 Å². The maximum absolute atomic E-state index is 3.74. The van der Waals surface area contributed by atoms with Gasteiger partial charge in [-0.2, -0.15) is 0 Å². The predicted molar refractivity (Wildman–Crippen MR) is 68.4 cm³/mol. The Hall–Kier alpha value is -1.04. The first-order valence-corrected chi connectivity index (χ1v) is 5.15. The second kappa shape index (κ2) is 12.0. The minimum Gasteiger partial charge on any atom is -0.0991 e. The van der Waals surface area contributed by atoms with E-state index in [1.54, 1.807) is 6.08 Å². The summed E-state index contributed by atoms with van der Waals surface area (Å²) in [7, 11) is 0. The number of allylic oxidation sites excluding steroid dienone is 6. The summed E-state index contributed by atoms with van der Waals surface area (Å²) in [6.45, 7) is 15.7. The molecule has 0 aromatic carbocycles. The van der Waals surface area contributed by atoms with Crippen LogP contribution < -0.4 is 0 Å². The third-order valence-corrected chi connectivity index (χ3v) is 1.27. The summed E-state index contributed by atoms with van der Waals surface area (Å²) in [6, 6.07) is 0. The molecule has 0 nitrogen and oxygen atoms in total. The van der Waals surface area contributed by atoms with Gasteiger partial charge in [-0.25, -0.2) is 0 Å². The lowest BCUT2D eigenvalue weighted by Crippen LogP contribution is -1.76. The molecule has 0 saturated carbocycles. The van der Waals surface area contributed by atoms with Crippen molar-refractivity contribution in [2.24, 2.45) is 5.92 Å². The maximum atomic E-state index is 3.74. The van der Waals surface area contributed by atoms with Gasteiger partial charge >= 0.3 is 0 Å². The molecule has 0 aromatic rings. The standard InChI is InChI=1S/C8H14.C6H10/c1-7(2)5-6-8(3)4;1-3-5-6-4-2/h5-6,8H,1H2,2-4H3;3,5-6H,1,4H2,2H3. The smallest absolute Gasteiger partial charge is 0.0287 e. The highest BCUT2D eigenvalue weighted by atomic mass is 13.9. The fourth-order valence-corrected chi connectivity index (χ4v) is 0.589. The van der Waals surface area contributed by atoms with E-state index in [1.165, 1.54) is 0 Å². The Labute approximate surface area is 89.7 Å². The lowest BCUT2D eigenvalue weighted by atomic mass is 10.2. The highest BCUT2D eigenvalue weighted by molar-refractivity contribution is 5.11. The summed E-state index contributed by atoms with van der Waals surface area (Å²) in [6.07, 6.45) is 11.1. The second-order valence-electron chi connectivity index (χ2n) is 3.52. The molecular formula is C14H24. The van der Waals surface area contributed by atoms with E-state index in [0.29, 0.717) is 5.92 Å². The minimum absolute atomic E-state index is 0.645. The van der Waals surface area contributed by atoms with Gasteiger partial charge in [-0.05, 0) is 19.3 Å². The molecule has 0 aromatic heterocycles. The summed E-state index contributed by atoms with van der Waals surface area (Å²) in [4.78, 5) is 0. The van der Waals surface area contributed by atoms with Gasteiger partial charge in [0.25, 0.3) is 0 Å². The van der Waals surface area contributed by atoms with Crippen LogP contribution in [0.1, 0.15) is 34.1 Å². The average molecular weight is 192 g/mol. The van der Waals surface area contributed by atoms with E-state index in [4.69, 9.17) is 0 Å². The molecule has 0 heteroatoms. The van der Waals surface area contributed by atoms with E-state index in [2.05, 4.69) is 46.1 Å². The molecule has 0 N–H and O–H groups in total. The fourth-order valence-electron chi connectivity index (χ4n) is 0.589. The largest absolute Gasteiger partial charge is 0.0991 e. The van der Waals surface area contributed by atoms with E-state index < -0.39 is 0 Å². The number of hydrogen-bond donors (Lipinski definition) is 0. The van der Waals surface area contributed by atoms with Gasteiger partial charge in [0.05, 0.1) is 0 Å². The van der Waals surface area contributed by atoms with Gasteiger partial charge in [-0.1, -0.05) is 69.9 Å². The van der Waals surface area contributed by atoms with Crippen LogP contribution in [0.15, 0.2) is 49.1 Å². The molecular weight excluding hydrogens is 168 g/mol. The number of hydrogen-bond acceptors (Lipinski definition) is 0. The Balaban J connectivity index is 0. The first-order chi connectivity index (χ1) is 6.54. The maximum Gasteiger partial charge on any atom is -0.0287 e. The molecule has 14 heavy (non-hydrogen) atoms. The van der Waals surface area contributed by atoms with Crippen LogP contribution in [0.2, 0.25) is 0 Å². The van der Waals surface area contributed by atoms with Crippen LogP contribution in [0.4, 0.5) is 0 Å². The molecule has 0 aliphatic carbocycles. The summed E-state index contributed by atoms with van der Waals surface area (Å²) in [5, 5.41) is 0. The lowest BCUT2D eigenvalue weighted by Gasteiger charge is -1.91. The minimum atomic E-state index is 0.645. The van der Waals surface area contributed by atoms with Gasteiger partial charge in [0.2, 0.25) is 0 Å². The normalized spacial score (nSPS) is 10.4. The van der Waals surface area contributed by atoms with Crippen molar-refractivity contribution >= 4 is 0 Å². The van der Waals surface area contributed by atoms with E-state index >= 15 is 0 Å². The molecule has 0 amide bonds. The monoisotopic (exact) mass is 192 g/mol. The van der Waals surface area contributed by atoms with Crippen LogP contribution in [-0.2, 0) is 0 Å². The van der Waals surface area contributed by atoms with Crippen molar-refractivity contribution in [3.8, 4) is 0 Å². The summed E-state index contributed by atoms with van der Waals surface area (Å²) in [5.41, 5.74) is 1.12. The molecule has 80 valence electrons. The fraction of sp³-hybridized carbons (Fsp3) is 0.429. The number of rotatable bonds is 4. The molecule has 0 heterocycles. The average Bonchev–Trinajstić information content (AvgIpc) is 2.12.